The monoisotopic (exact) mass is 329 g/mol. The fourth-order valence-corrected chi connectivity index (χ4v) is 2.44. The maximum absolute atomic E-state index is 12.2. The second kappa shape index (κ2) is 10.9. The zero-order valence-electron chi connectivity index (χ0n) is 13.7. The first kappa shape index (κ1) is 19.3. The Hall–Kier alpha value is -1.79. The van der Waals surface area contributed by atoms with Gasteiger partial charge in [-0.05, 0) is 38.5 Å². The Bertz CT molecular complexity index is 392. The highest BCUT2D eigenvalue weighted by Gasteiger charge is 2.27. The Labute approximate surface area is 136 Å². The van der Waals surface area contributed by atoms with Crippen LogP contribution in [0, 0.1) is 0 Å². The largest absolute Gasteiger partial charge is 0.481 e. The van der Waals surface area contributed by atoms with Gasteiger partial charge in [-0.15, -0.1) is 0 Å². The van der Waals surface area contributed by atoms with Gasteiger partial charge in [-0.1, -0.05) is 19.8 Å². The Kier molecular flexibility index (Phi) is 9.09. The van der Waals surface area contributed by atoms with Gasteiger partial charge in [0.15, 0.2) is 0 Å². The summed E-state index contributed by atoms with van der Waals surface area (Å²) in [5.41, 5.74) is 0. The van der Waals surface area contributed by atoms with Crippen LogP contribution in [0.2, 0.25) is 0 Å². The molecule has 0 bridgehead atoms. The number of rotatable bonds is 9. The molecule has 1 aliphatic rings. The van der Waals surface area contributed by atoms with E-state index in [1.165, 1.54) is 0 Å². The van der Waals surface area contributed by atoms with Crippen molar-refractivity contribution in [1.82, 2.24) is 5.32 Å². The molecule has 132 valence electrons. The first-order valence-electron chi connectivity index (χ1n) is 8.38. The first-order valence-corrected chi connectivity index (χ1v) is 8.38. The second-order valence-corrected chi connectivity index (χ2v) is 5.82. The molecule has 7 heteroatoms. The minimum absolute atomic E-state index is 0.0102. The SMILES string of the molecule is CCCCOC(=O)NC(CCC(=O)O)C(=O)OC1CCCCC1. The van der Waals surface area contributed by atoms with E-state index in [1.807, 2.05) is 6.92 Å². The number of ether oxygens (including phenoxy) is 2. The predicted octanol–water partition coefficient (Wildman–Crippen LogP) is 2.62. The highest BCUT2D eigenvalue weighted by Crippen LogP contribution is 2.21. The van der Waals surface area contributed by atoms with Crippen LogP contribution in [0.5, 0.6) is 0 Å². The summed E-state index contributed by atoms with van der Waals surface area (Å²) >= 11 is 0. The molecule has 0 saturated heterocycles. The van der Waals surface area contributed by atoms with Crippen molar-refractivity contribution in [2.24, 2.45) is 0 Å². The number of nitrogens with one attached hydrogen (secondary N) is 1. The lowest BCUT2D eigenvalue weighted by Gasteiger charge is -2.24. The number of unbranched alkanes of at least 4 members (excludes halogenated alkanes) is 1. The number of hydrogen-bond donors (Lipinski definition) is 2. The van der Waals surface area contributed by atoms with Gasteiger partial charge in [0.25, 0.3) is 0 Å². The summed E-state index contributed by atoms with van der Waals surface area (Å²) in [7, 11) is 0. The lowest BCUT2D eigenvalue weighted by atomic mass is 9.98. The molecule has 1 saturated carbocycles. The molecule has 0 aromatic heterocycles. The van der Waals surface area contributed by atoms with Gasteiger partial charge in [-0.25, -0.2) is 9.59 Å². The van der Waals surface area contributed by atoms with E-state index < -0.39 is 24.1 Å². The van der Waals surface area contributed by atoms with Crippen molar-refractivity contribution in [2.45, 2.75) is 76.9 Å². The van der Waals surface area contributed by atoms with E-state index in [0.29, 0.717) is 0 Å². The summed E-state index contributed by atoms with van der Waals surface area (Å²) in [4.78, 5) is 34.6. The van der Waals surface area contributed by atoms with Crippen LogP contribution < -0.4 is 5.32 Å². The number of carbonyl (C=O) groups excluding carboxylic acids is 2. The second-order valence-electron chi connectivity index (χ2n) is 5.82. The maximum atomic E-state index is 12.2. The van der Waals surface area contributed by atoms with Gasteiger partial charge in [-0.2, -0.15) is 0 Å². The van der Waals surface area contributed by atoms with Crippen molar-refractivity contribution in [3.8, 4) is 0 Å². The highest BCUT2D eigenvalue weighted by atomic mass is 16.6. The number of hydrogen-bond acceptors (Lipinski definition) is 5. The summed E-state index contributed by atoms with van der Waals surface area (Å²) < 4.78 is 10.4. The minimum atomic E-state index is -1.03. The van der Waals surface area contributed by atoms with Crippen molar-refractivity contribution in [2.75, 3.05) is 6.61 Å². The third-order valence-corrected chi connectivity index (χ3v) is 3.79. The van der Waals surface area contributed by atoms with Gasteiger partial charge in [0.1, 0.15) is 12.1 Å². The molecule has 1 rings (SSSR count). The lowest BCUT2D eigenvalue weighted by Crippen LogP contribution is -2.43. The number of carboxylic acid groups (broad SMARTS) is 1. The van der Waals surface area contributed by atoms with Crippen molar-refractivity contribution in [3.63, 3.8) is 0 Å². The molecule has 0 spiro atoms. The molecule has 0 heterocycles. The van der Waals surface area contributed by atoms with Crippen LogP contribution in [0.25, 0.3) is 0 Å². The van der Waals surface area contributed by atoms with Crippen LogP contribution in [-0.2, 0) is 19.1 Å². The van der Waals surface area contributed by atoms with E-state index in [-0.39, 0.29) is 25.6 Å². The summed E-state index contributed by atoms with van der Waals surface area (Å²) in [5.74, 6) is -1.60. The third-order valence-electron chi connectivity index (χ3n) is 3.79. The minimum Gasteiger partial charge on any atom is -0.481 e. The number of carboxylic acids is 1. The molecule has 1 fully saturated rings. The third kappa shape index (κ3) is 8.42. The average Bonchev–Trinajstić information content (AvgIpc) is 2.52. The van der Waals surface area contributed by atoms with Crippen molar-refractivity contribution in [3.05, 3.63) is 0 Å². The summed E-state index contributed by atoms with van der Waals surface area (Å²) in [6.07, 6.45) is 5.35. The summed E-state index contributed by atoms with van der Waals surface area (Å²) in [6.45, 7) is 2.24. The molecule has 0 aliphatic heterocycles. The molecule has 2 N–H and O–H groups in total. The smallest absolute Gasteiger partial charge is 0.407 e. The predicted molar refractivity (Wildman–Crippen MR) is 83.0 cm³/mol. The van der Waals surface area contributed by atoms with Crippen LogP contribution in [-0.4, -0.2) is 41.9 Å². The van der Waals surface area contributed by atoms with Crippen LogP contribution in [0.4, 0.5) is 4.79 Å². The molecule has 0 radical (unpaired) electrons. The topological polar surface area (TPSA) is 102 Å². The summed E-state index contributed by atoms with van der Waals surface area (Å²) in [5, 5.41) is 11.2. The van der Waals surface area contributed by atoms with Gasteiger partial charge in [-0.3, -0.25) is 4.79 Å². The van der Waals surface area contributed by atoms with E-state index in [1.54, 1.807) is 0 Å². The van der Waals surface area contributed by atoms with Crippen LogP contribution >= 0.6 is 0 Å². The molecule has 1 aliphatic carbocycles. The van der Waals surface area contributed by atoms with E-state index >= 15 is 0 Å². The molecule has 0 aromatic rings. The Morgan fingerprint density at radius 2 is 1.91 bits per heavy atom. The number of aliphatic carboxylic acids is 1. The molecule has 7 nitrogen and oxygen atoms in total. The molecule has 0 aromatic carbocycles. The van der Waals surface area contributed by atoms with Gasteiger partial charge in [0, 0.05) is 6.42 Å². The first-order chi connectivity index (χ1) is 11.0. The van der Waals surface area contributed by atoms with Gasteiger partial charge < -0.3 is 19.9 Å². The van der Waals surface area contributed by atoms with E-state index in [0.717, 1.165) is 44.9 Å². The maximum Gasteiger partial charge on any atom is 0.407 e. The molecular weight excluding hydrogens is 302 g/mol. The number of alkyl carbamates (subject to hydrolysis) is 1. The lowest BCUT2D eigenvalue weighted by molar-refractivity contribution is -0.153. The quantitative estimate of drug-likeness (QED) is 0.498. The fraction of sp³-hybridized carbons (Fsp3) is 0.812. The molecule has 1 unspecified atom stereocenters. The highest BCUT2D eigenvalue weighted by molar-refractivity contribution is 5.82. The molecular formula is C16H27NO6. The molecule has 1 atom stereocenters. The van der Waals surface area contributed by atoms with Crippen LogP contribution in [0.15, 0.2) is 0 Å². The Morgan fingerprint density at radius 3 is 2.52 bits per heavy atom. The Balaban J connectivity index is 2.49. The number of esters is 1. The van der Waals surface area contributed by atoms with E-state index in [4.69, 9.17) is 14.6 Å². The zero-order valence-corrected chi connectivity index (χ0v) is 13.7. The molecule has 1 amide bonds. The average molecular weight is 329 g/mol. The van der Waals surface area contributed by atoms with Gasteiger partial charge >= 0.3 is 18.0 Å². The van der Waals surface area contributed by atoms with Crippen LogP contribution in [0.3, 0.4) is 0 Å². The Morgan fingerprint density at radius 1 is 1.22 bits per heavy atom. The van der Waals surface area contributed by atoms with Crippen LogP contribution in [0.1, 0.15) is 64.7 Å². The van der Waals surface area contributed by atoms with Crippen molar-refractivity contribution >= 4 is 18.0 Å². The zero-order chi connectivity index (χ0) is 17.1. The van der Waals surface area contributed by atoms with Gasteiger partial charge in [0.2, 0.25) is 0 Å². The summed E-state index contributed by atoms with van der Waals surface area (Å²) in [6, 6.07) is -0.984. The fourth-order valence-electron chi connectivity index (χ4n) is 2.44. The normalized spacial score (nSPS) is 16.4. The number of carbonyl (C=O) groups is 3. The van der Waals surface area contributed by atoms with E-state index in [9.17, 15) is 14.4 Å². The van der Waals surface area contributed by atoms with Crippen molar-refractivity contribution < 1.29 is 29.0 Å². The number of amides is 1. The van der Waals surface area contributed by atoms with Gasteiger partial charge in [0.05, 0.1) is 6.61 Å². The standard InChI is InChI=1S/C16H27NO6/c1-2-3-11-22-16(21)17-13(9-10-14(18)19)15(20)23-12-7-5-4-6-8-12/h12-13H,2-11H2,1H3,(H,17,21)(H,18,19). The molecule has 23 heavy (non-hydrogen) atoms. The van der Waals surface area contributed by atoms with Crippen molar-refractivity contribution in [1.29, 1.82) is 0 Å². The van der Waals surface area contributed by atoms with E-state index in [2.05, 4.69) is 5.32 Å².